The zero-order valence-electron chi connectivity index (χ0n) is 8.57. The number of ether oxygens (including phenoxy) is 1. The third-order valence-corrected chi connectivity index (χ3v) is 1.79. The van der Waals surface area contributed by atoms with Gasteiger partial charge in [0.15, 0.2) is 0 Å². The van der Waals surface area contributed by atoms with E-state index in [1.54, 1.807) is 32.9 Å². The van der Waals surface area contributed by atoms with Crippen LogP contribution in [-0.2, 0) is 4.74 Å². The monoisotopic (exact) mass is 194 g/mol. The predicted octanol–water partition coefficient (Wildman–Crippen LogP) is 2.27. The Balaban J connectivity index is 2.86. The molecular formula is C11H14O3. The van der Waals surface area contributed by atoms with Crippen LogP contribution in [0.4, 0.5) is 0 Å². The predicted molar refractivity (Wildman–Crippen MR) is 53.4 cm³/mol. The molecule has 0 amide bonds. The van der Waals surface area contributed by atoms with Crippen LogP contribution in [0.15, 0.2) is 18.2 Å². The lowest BCUT2D eigenvalue weighted by Crippen LogP contribution is -2.11. The van der Waals surface area contributed by atoms with Crippen LogP contribution in [0.25, 0.3) is 0 Å². The number of aromatic hydroxyl groups is 1. The van der Waals surface area contributed by atoms with Gasteiger partial charge in [-0.2, -0.15) is 0 Å². The summed E-state index contributed by atoms with van der Waals surface area (Å²) in [5, 5.41) is 9.38. The molecule has 0 saturated carbocycles. The molecule has 3 nitrogen and oxygen atoms in total. The van der Waals surface area contributed by atoms with Crippen LogP contribution in [0.2, 0.25) is 0 Å². The van der Waals surface area contributed by atoms with E-state index >= 15 is 0 Å². The van der Waals surface area contributed by atoms with Gasteiger partial charge in [0.25, 0.3) is 0 Å². The number of carbonyl (C=O) groups excluding carboxylic acids is 1. The van der Waals surface area contributed by atoms with Crippen molar-refractivity contribution in [2.75, 3.05) is 0 Å². The van der Waals surface area contributed by atoms with Crippen LogP contribution in [-0.4, -0.2) is 17.2 Å². The van der Waals surface area contributed by atoms with E-state index in [0.29, 0.717) is 5.56 Å². The summed E-state index contributed by atoms with van der Waals surface area (Å²) >= 11 is 0. The zero-order chi connectivity index (χ0) is 10.7. The van der Waals surface area contributed by atoms with Gasteiger partial charge < -0.3 is 9.84 Å². The summed E-state index contributed by atoms with van der Waals surface area (Å²) < 4.78 is 4.98. The summed E-state index contributed by atoms with van der Waals surface area (Å²) in [5.41, 5.74) is 1.12. The van der Waals surface area contributed by atoms with E-state index in [1.165, 1.54) is 6.07 Å². The summed E-state index contributed by atoms with van der Waals surface area (Å²) in [6.07, 6.45) is -0.147. The molecule has 0 aliphatic rings. The van der Waals surface area contributed by atoms with Crippen LogP contribution >= 0.6 is 0 Å². The Bertz CT molecular complexity index is 342. The van der Waals surface area contributed by atoms with Gasteiger partial charge in [-0.1, -0.05) is 6.07 Å². The summed E-state index contributed by atoms with van der Waals surface area (Å²) in [4.78, 5) is 11.4. The maximum absolute atomic E-state index is 11.4. The van der Waals surface area contributed by atoms with Crippen LogP contribution in [0.5, 0.6) is 5.75 Å². The van der Waals surface area contributed by atoms with E-state index in [4.69, 9.17) is 4.74 Å². The molecular weight excluding hydrogens is 180 g/mol. The minimum absolute atomic E-state index is 0.114. The number of phenols is 1. The molecule has 0 aliphatic heterocycles. The van der Waals surface area contributed by atoms with Crippen LogP contribution in [0.1, 0.15) is 29.8 Å². The molecule has 76 valence electrons. The number of esters is 1. The van der Waals surface area contributed by atoms with Crippen molar-refractivity contribution >= 4 is 5.97 Å². The fraction of sp³-hybridized carbons (Fsp3) is 0.364. The van der Waals surface area contributed by atoms with E-state index in [9.17, 15) is 9.90 Å². The first-order valence-corrected chi connectivity index (χ1v) is 4.51. The van der Waals surface area contributed by atoms with E-state index < -0.39 is 5.97 Å². The maximum atomic E-state index is 11.4. The van der Waals surface area contributed by atoms with Crippen LogP contribution < -0.4 is 0 Å². The molecule has 1 N–H and O–H groups in total. The lowest BCUT2D eigenvalue weighted by Gasteiger charge is -2.08. The van der Waals surface area contributed by atoms with Gasteiger partial charge in [0.2, 0.25) is 0 Å². The molecule has 0 spiro atoms. The van der Waals surface area contributed by atoms with Crippen molar-refractivity contribution in [3.05, 3.63) is 29.3 Å². The molecule has 0 bridgehead atoms. The van der Waals surface area contributed by atoms with Gasteiger partial charge in [0, 0.05) is 0 Å². The molecule has 3 heteroatoms. The molecule has 1 rings (SSSR count). The highest BCUT2D eigenvalue weighted by Gasteiger charge is 2.10. The summed E-state index contributed by atoms with van der Waals surface area (Å²) in [6.45, 7) is 5.34. The van der Waals surface area contributed by atoms with Crippen molar-refractivity contribution in [1.82, 2.24) is 0 Å². The van der Waals surface area contributed by atoms with E-state index in [1.807, 2.05) is 0 Å². The van der Waals surface area contributed by atoms with Gasteiger partial charge in [0.1, 0.15) is 5.75 Å². The van der Waals surface area contributed by atoms with Crippen molar-refractivity contribution < 1.29 is 14.6 Å². The quantitative estimate of drug-likeness (QED) is 0.734. The van der Waals surface area contributed by atoms with Crippen LogP contribution in [0.3, 0.4) is 0 Å². The number of benzene rings is 1. The smallest absolute Gasteiger partial charge is 0.338 e. The van der Waals surface area contributed by atoms with Crippen molar-refractivity contribution in [1.29, 1.82) is 0 Å². The molecule has 0 radical (unpaired) electrons. The number of hydrogen-bond acceptors (Lipinski definition) is 3. The molecule has 0 aromatic heterocycles. The summed E-state index contributed by atoms with van der Waals surface area (Å²) in [6, 6.07) is 4.74. The third kappa shape index (κ3) is 2.49. The fourth-order valence-electron chi connectivity index (χ4n) is 1.02. The molecule has 0 saturated heterocycles. The first-order chi connectivity index (χ1) is 6.50. The number of hydrogen-bond donors (Lipinski definition) is 1. The summed E-state index contributed by atoms with van der Waals surface area (Å²) in [7, 11) is 0. The fourth-order valence-corrected chi connectivity index (χ4v) is 1.02. The van der Waals surface area contributed by atoms with Gasteiger partial charge in [-0.25, -0.2) is 4.79 Å². The number of rotatable bonds is 2. The average molecular weight is 194 g/mol. The summed E-state index contributed by atoms with van der Waals surface area (Å²) in [5.74, 6) is -0.293. The normalized spacial score (nSPS) is 10.3. The molecule has 1 aromatic rings. The van der Waals surface area contributed by atoms with E-state index in [0.717, 1.165) is 5.56 Å². The first kappa shape index (κ1) is 10.6. The molecule has 0 atom stereocenters. The van der Waals surface area contributed by atoms with Crippen molar-refractivity contribution in [2.24, 2.45) is 0 Å². The van der Waals surface area contributed by atoms with Gasteiger partial charge >= 0.3 is 5.97 Å². The molecule has 1 aromatic carbocycles. The van der Waals surface area contributed by atoms with Crippen molar-refractivity contribution in [2.45, 2.75) is 26.9 Å². The molecule has 0 unspecified atom stereocenters. The lowest BCUT2D eigenvalue weighted by atomic mass is 10.1. The Morgan fingerprint density at radius 1 is 1.43 bits per heavy atom. The Hall–Kier alpha value is -1.51. The largest absolute Gasteiger partial charge is 0.508 e. The Kier molecular flexibility index (Phi) is 3.12. The molecule has 0 fully saturated rings. The minimum Gasteiger partial charge on any atom is -0.508 e. The Morgan fingerprint density at radius 2 is 2.07 bits per heavy atom. The highest BCUT2D eigenvalue weighted by Crippen LogP contribution is 2.18. The topological polar surface area (TPSA) is 46.5 Å². The van der Waals surface area contributed by atoms with Crippen LogP contribution in [0, 0.1) is 6.92 Å². The second kappa shape index (κ2) is 4.13. The Labute approximate surface area is 83.3 Å². The average Bonchev–Trinajstić information content (AvgIpc) is 2.08. The van der Waals surface area contributed by atoms with Gasteiger partial charge in [0.05, 0.1) is 11.7 Å². The number of phenolic OH excluding ortho intramolecular Hbond substituents is 1. The van der Waals surface area contributed by atoms with Crippen molar-refractivity contribution in [3.63, 3.8) is 0 Å². The lowest BCUT2D eigenvalue weighted by molar-refractivity contribution is 0.0377. The molecule has 14 heavy (non-hydrogen) atoms. The van der Waals surface area contributed by atoms with Gasteiger partial charge in [-0.15, -0.1) is 0 Å². The molecule has 0 aliphatic carbocycles. The second-order valence-corrected chi connectivity index (χ2v) is 3.46. The highest BCUT2D eigenvalue weighted by molar-refractivity contribution is 5.90. The minimum atomic E-state index is -0.407. The van der Waals surface area contributed by atoms with E-state index in [-0.39, 0.29) is 11.9 Å². The number of aryl methyl sites for hydroxylation is 1. The second-order valence-electron chi connectivity index (χ2n) is 3.46. The van der Waals surface area contributed by atoms with Gasteiger partial charge in [-0.05, 0) is 38.5 Å². The third-order valence-electron chi connectivity index (χ3n) is 1.79. The zero-order valence-corrected chi connectivity index (χ0v) is 8.57. The van der Waals surface area contributed by atoms with E-state index in [2.05, 4.69) is 0 Å². The first-order valence-electron chi connectivity index (χ1n) is 4.51. The SMILES string of the molecule is Cc1ccc(C(=O)OC(C)C)cc1O. The van der Waals surface area contributed by atoms with Gasteiger partial charge in [-0.3, -0.25) is 0 Å². The number of carbonyl (C=O) groups is 1. The Morgan fingerprint density at radius 3 is 2.57 bits per heavy atom. The highest BCUT2D eigenvalue weighted by atomic mass is 16.5. The molecule has 0 heterocycles. The maximum Gasteiger partial charge on any atom is 0.338 e. The standard InChI is InChI=1S/C11H14O3/c1-7(2)14-11(13)9-5-4-8(3)10(12)6-9/h4-7,12H,1-3H3. The van der Waals surface area contributed by atoms with Crippen molar-refractivity contribution in [3.8, 4) is 5.75 Å².